The second-order valence-corrected chi connectivity index (χ2v) is 5.22. The molecule has 0 amide bonds. The van der Waals surface area contributed by atoms with Crippen molar-refractivity contribution in [3.63, 3.8) is 0 Å². The van der Waals surface area contributed by atoms with Crippen molar-refractivity contribution in [2.75, 3.05) is 50.7 Å². The molecule has 0 fully saturated rings. The van der Waals surface area contributed by atoms with Gasteiger partial charge < -0.3 is 0 Å². The molecule has 0 aliphatic heterocycles. The maximum Gasteiger partial charge on any atom is 0.0746 e. The summed E-state index contributed by atoms with van der Waals surface area (Å²) < 4.78 is 0. The summed E-state index contributed by atoms with van der Waals surface area (Å²) in [6, 6.07) is 0. The highest BCUT2D eigenvalue weighted by molar-refractivity contribution is 6.19. The smallest absolute Gasteiger partial charge is 0.0746 e. The van der Waals surface area contributed by atoms with Crippen molar-refractivity contribution in [2.45, 2.75) is 12.3 Å². The average molecular weight is 325 g/mol. The van der Waals surface area contributed by atoms with Gasteiger partial charge in [-0.15, -0.1) is 46.4 Å². The quantitative estimate of drug-likeness (QED) is 0.490. The third-order valence-electron chi connectivity index (χ3n) is 2.62. The Bertz CT molecular complexity index is 167. The number of hydrogen-bond acceptors (Lipinski definition) is 3. The number of alkyl halides is 4. The lowest BCUT2D eigenvalue weighted by Gasteiger charge is -2.34. The SMILES string of the molecule is CN(CCCl)C(CCl)NC(CCl)N(C)CCCl. The molecule has 0 rings (SSSR count). The summed E-state index contributed by atoms with van der Waals surface area (Å²) in [4.78, 5) is 4.15. The maximum absolute atomic E-state index is 5.95. The van der Waals surface area contributed by atoms with Crippen LogP contribution in [-0.4, -0.2) is 72.8 Å². The topological polar surface area (TPSA) is 18.5 Å². The number of halogens is 4. The molecule has 0 aromatic heterocycles. The second-order valence-electron chi connectivity index (χ2n) is 3.85. The van der Waals surface area contributed by atoms with Crippen LogP contribution in [-0.2, 0) is 0 Å². The zero-order chi connectivity index (χ0) is 13.3. The van der Waals surface area contributed by atoms with E-state index in [1.807, 2.05) is 14.1 Å². The fraction of sp³-hybridized carbons (Fsp3) is 1.00. The van der Waals surface area contributed by atoms with E-state index in [1.165, 1.54) is 0 Å². The summed E-state index contributed by atoms with van der Waals surface area (Å²) >= 11 is 23.3. The van der Waals surface area contributed by atoms with Crippen LogP contribution in [0.5, 0.6) is 0 Å². The minimum Gasteiger partial charge on any atom is -0.289 e. The molecule has 1 N–H and O–H groups in total. The zero-order valence-corrected chi connectivity index (χ0v) is 13.3. The molecule has 0 radical (unpaired) electrons. The monoisotopic (exact) mass is 323 g/mol. The lowest BCUT2D eigenvalue weighted by Crippen LogP contribution is -2.56. The Morgan fingerprint density at radius 1 is 0.824 bits per heavy atom. The third-order valence-corrected chi connectivity index (χ3v) is 3.54. The lowest BCUT2D eigenvalue weighted by molar-refractivity contribution is 0.152. The summed E-state index contributed by atoms with van der Waals surface area (Å²) in [6.45, 7) is 1.56. The van der Waals surface area contributed by atoms with E-state index in [9.17, 15) is 0 Å². The molecular formula is C10H21Cl4N3. The molecule has 0 bridgehead atoms. The summed E-state index contributed by atoms with van der Waals surface area (Å²) in [7, 11) is 3.96. The predicted molar refractivity (Wildman–Crippen MR) is 78.9 cm³/mol. The highest BCUT2D eigenvalue weighted by Crippen LogP contribution is 2.03. The van der Waals surface area contributed by atoms with Crippen molar-refractivity contribution >= 4 is 46.4 Å². The largest absolute Gasteiger partial charge is 0.289 e. The maximum atomic E-state index is 5.95. The molecule has 0 saturated carbocycles. The first-order valence-electron chi connectivity index (χ1n) is 5.51. The Morgan fingerprint density at radius 2 is 1.18 bits per heavy atom. The van der Waals surface area contributed by atoms with E-state index in [-0.39, 0.29) is 12.3 Å². The molecule has 0 aliphatic rings. The van der Waals surface area contributed by atoms with Crippen LogP contribution in [0.2, 0.25) is 0 Å². The van der Waals surface area contributed by atoms with E-state index in [0.29, 0.717) is 23.5 Å². The molecular weight excluding hydrogens is 304 g/mol. The van der Waals surface area contributed by atoms with E-state index < -0.39 is 0 Å². The molecule has 0 heterocycles. The number of hydrogen-bond donors (Lipinski definition) is 1. The van der Waals surface area contributed by atoms with Crippen LogP contribution in [0.3, 0.4) is 0 Å². The highest BCUT2D eigenvalue weighted by atomic mass is 35.5. The number of nitrogens with zero attached hydrogens (tertiary/aromatic N) is 2. The van der Waals surface area contributed by atoms with Gasteiger partial charge in [0.05, 0.1) is 24.1 Å². The van der Waals surface area contributed by atoms with Crippen molar-refractivity contribution in [3.8, 4) is 0 Å². The first kappa shape index (κ1) is 18.0. The number of rotatable bonds is 10. The van der Waals surface area contributed by atoms with Crippen LogP contribution in [0.15, 0.2) is 0 Å². The van der Waals surface area contributed by atoms with Gasteiger partial charge in [-0.2, -0.15) is 0 Å². The van der Waals surface area contributed by atoms with Crippen LogP contribution in [0.1, 0.15) is 0 Å². The van der Waals surface area contributed by atoms with Gasteiger partial charge >= 0.3 is 0 Å². The summed E-state index contributed by atoms with van der Waals surface area (Å²) in [6.07, 6.45) is 0.105. The number of nitrogens with one attached hydrogen (secondary N) is 1. The molecule has 104 valence electrons. The molecule has 2 atom stereocenters. The fourth-order valence-electron chi connectivity index (χ4n) is 1.38. The molecule has 0 spiro atoms. The van der Waals surface area contributed by atoms with Crippen molar-refractivity contribution in [1.29, 1.82) is 0 Å². The minimum absolute atomic E-state index is 0.0527. The van der Waals surface area contributed by atoms with E-state index in [2.05, 4.69) is 15.1 Å². The van der Waals surface area contributed by atoms with Gasteiger partial charge in [0.25, 0.3) is 0 Å². The molecule has 0 saturated heterocycles. The van der Waals surface area contributed by atoms with Crippen LogP contribution in [0, 0.1) is 0 Å². The van der Waals surface area contributed by atoms with Gasteiger partial charge in [-0.05, 0) is 14.1 Å². The Hall–Kier alpha value is 1.04. The van der Waals surface area contributed by atoms with Gasteiger partial charge in [0, 0.05) is 24.8 Å². The van der Waals surface area contributed by atoms with Crippen LogP contribution in [0.4, 0.5) is 0 Å². The van der Waals surface area contributed by atoms with Gasteiger partial charge in [-0.25, -0.2) is 0 Å². The molecule has 0 aliphatic carbocycles. The summed E-state index contributed by atoms with van der Waals surface area (Å²) in [5.74, 6) is 2.12. The van der Waals surface area contributed by atoms with Crippen LogP contribution < -0.4 is 5.32 Å². The molecule has 3 nitrogen and oxygen atoms in total. The Kier molecular flexibility index (Phi) is 11.6. The predicted octanol–water partition coefficient (Wildman–Crippen LogP) is 2.05. The molecule has 17 heavy (non-hydrogen) atoms. The van der Waals surface area contributed by atoms with Gasteiger partial charge in [0.15, 0.2) is 0 Å². The fourth-order valence-corrected chi connectivity index (χ4v) is 2.56. The van der Waals surface area contributed by atoms with Crippen molar-refractivity contribution in [1.82, 2.24) is 15.1 Å². The van der Waals surface area contributed by atoms with Crippen LogP contribution >= 0.6 is 46.4 Å². The molecule has 0 aromatic rings. The Balaban J connectivity index is 4.29. The van der Waals surface area contributed by atoms with E-state index >= 15 is 0 Å². The van der Waals surface area contributed by atoms with Crippen molar-refractivity contribution < 1.29 is 0 Å². The highest BCUT2D eigenvalue weighted by Gasteiger charge is 2.20. The van der Waals surface area contributed by atoms with E-state index in [0.717, 1.165) is 13.1 Å². The van der Waals surface area contributed by atoms with E-state index in [1.54, 1.807) is 0 Å². The Morgan fingerprint density at radius 3 is 1.41 bits per heavy atom. The third kappa shape index (κ3) is 7.26. The first-order chi connectivity index (χ1) is 8.10. The van der Waals surface area contributed by atoms with Gasteiger partial charge in [-0.1, -0.05) is 0 Å². The van der Waals surface area contributed by atoms with Gasteiger partial charge in [-0.3, -0.25) is 15.1 Å². The molecule has 2 unspecified atom stereocenters. The van der Waals surface area contributed by atoms with Crippen LogP contribution in [0.25, 0.3) is 0 Å². The Labute approximate surface area is 124 Å². The lowest BCUT2D eigenvalue weighted by atomic mass is 10.4. The summed E-state index contributed by atoms with van der Waals surface area (Å²) in [5.41, 5.74) is 0. The van der Waals surface area contributed by atoms with Crippen molar-refractivity contribution in [3.05, 3.63) is 0 Å². The van der Waals surface area contributed by atoms with E-state index in [4.69, 9.17) is 46.4 Å². The molecule has 7 heteroatoms. The summed E-state index contributed by atoms with van der Waals surface area (Å²) in [5, 5.41) is 3.39. The zero-order valence-electron chi connectivity index (χ0n) is 10.3. The average Bonchev–Trinajstić information content (AvgIpc) is 2.31. The van der Waals surface area contributed by atoms with Gasteiger partial charge in [0.2, 0.25) is 0 Å². The van der Waals surface area contributed by atoms with Gasteiger partial charge in [0.1, 0.15) is 0 Å². The second kappa shape index (κ2) is 10.9. The standard InChI is InChI=1S/C10H21Cl4N3/c1-16(5-3-11)9(7-13)15-10(8-14)17(2)6-4-12/h9-10,15H,3-8H2,1-2H3. The normalized spacial score (nSPS) is 15.5. The molecule has 0 aromatic carbocycles. The minimum atomic E-state index is 0.0527. The first-order valence-corrected chi connectivity index (χ1v) is 7.64. The van der Waals surface area contributed by atoms with Crippen molar-refractivity contribution in [2.24, 2.45) is 0 Å².